The lowest BCUT2D eigenvalue weighted by Crippen LogP contribution is -2.25. The summed E-state index contributed by atoms with van der Waals surface area (Å²) in [5.74, 6) is 0.565. The van der Waals surface area contributed by atoms with Crippen molar-refractivity contribution in [1.82, 2.24) is 0 Å². The quantitative estimate of drug-likeness (QED) is 0.0480. The Hall–Kier alpha value is -1.39. The fraction of sp³-hybridized carbons (Fsp3) is 0.930. The summed E-state index contributed by atoms with van der Waals surface area (Å²) in [7, 11) is 0. The number of esters is 2. The standard InChI is InChI=1S/C43H82O5/c1-5-9-13-17-21-24-30-39(31-25-22-18-14-10-6-2)32-28-33-40(44)34-29-37-43(46)48-41(35-26-23-19-15-11-7-3)38-47-42(45)36-27-20-16-12-8-4/h39,41H,5-38H2,1-4H3. The lowest BCUT2D eigenvalue weighted by Gasteiger charge is -2.18. The number of ketones is 1. The summed E-state index contributed by atoms with van der Waals surface area (Å²) in [6, 6.07) is 0. The highest BCUT2D eigenvalue weighted by Gasteiger charge is 2.18. The number of hydrogen-bond acceptors (Lipinski definition) is 5. The second kappa shape index (κ2) is 36.9. The van der Waals surface area contributed by atoms with E-state index in [1.165, 1.54) is 128 Å². The SMILES string of the molecule is CCCCCCCCC(CCCCCCCC)CCCC(=O)CCCC(=O)OC(CCCCCCCC)COC(=O)CCCCCCC. The second-order valence-corrected chi connectivity index (χ2v) is 14.8. The van der Waals surface area contributed by atoms with E-state index in [1.54, 1.807) is 0 Å². The van der Waals surface area contributed by atoms with Crippen molar-refractivity contribution in [2.75, 3.05) is 6.61 Å². The smallest absolute Gasteiger partial charge is 0.306 e. The predicted molar refractivity (Wildman–Crippen MR) is 204 cm³/mol. The van der Waals surface area contributed by atoms with Crippen molar-refractivity contribution in [3.63, 3.8) is 0 Å². The molecule has 0 saturated heterocycles. The largest absolute Gasteiger partial charge is 0.462 e. The molecule has 0 saturated carbocycles. The van der Waals surface area contributed by atoms with Crippen LogP contribution in [0, 0.1) is 5.92 Å². The van der Waals surface area contributed by atoms with Crippen LogP contribution in [0.25, 0.3) is 0 Å². The summed E-state index contributed by atoms with van der Waals surface area (Å²) < 4.78 is 11.3. The molecule has 0 radical (unpaired) electrons. The Bertz CT molecular complexity index is 704. The zero-order chi connectivity index (χ0) is 35.3. The van der Waals surface area contributed by atoms with E-state index in [0.29, 0.717) is 25.7 Å². The van der Waals surface area contributed by atoms with Crippen molar-refractivity contribution in [2.24, 2.45) is 5.92 Å². The minimum Gasteiger partial charge on any atom is -0.462 e. The lowest BCUT2D eigenvalue weighted by molar-refractivity contribution is -0.159. The number of unbranched alkanes of at least 4 members (excludes halogenated alkanes) is 19. The van der Waals surface area contributed by atoms with Crippen LogP contribution >= 0.6 is 0 Å². The van der Waals surface area contributed by atoms with Crippen LogP contribution in [0.3, 0.4) is 0 Å². The molecule has 0 aromatic carbocycles. The van der Waals surface area contributed by atoms with Gasteiger partial charge < -0.3 is 9.47 Å². The Morgan fingerprint density at radius 2 is 0.792 bits per heavy atom. The molecule has 0 spiro atoms. The van der Waals surface area contributed by atoms with E-state index in [4.69, 9.17) is 9.47 Å². The van der Waals surface area contributed by atoms with Crippen molar-refractivity contribution >= 4 is 17.7 Å². The molecule has 1 atom stereocenters. The highest BCUT2D eigenvalue weighted by atomic mass is 16.6. The molecule has 0 N–H and O–H groups in total. The van der Waals surface area contributed by atoms with Crippen LogP contribution in [0.5, 0.6) is 0 Å². The Labute approximate surface area is 299 Å². The molecule has 0 bridgehead atoms. The van der Waals surface area contributed by atoms with E-state index < -0.39 is 6.10 Å². The first kappa shape index (κ1) is 46.6. The molecular weight excluding hydrogens is 596 g/mol. The van der Waals surface area contributed by atoms with Gasteiger partial charge in [-0.3, -0.25) is 14.4 Å². The second-order valence-electron chi connectivity index (χ2n) is 14.8. The van der Waals surface area contributed by atoms with E-state index in [1.807, 2.05) is 0 Å². The van der Waals surface area contributed by atoms with E-state index in [2.05, 4.69) is 27.7 Å². The molecule has 0 aliphatic carbocycles. The first-order valence-corrected chi connectivity index (χ1v) is 21.3. The van der Waals surface area contributed by atoms with Crippen molar-refractivity contribution in [3.8, 4) is 0 Å². The Kier molecular flexibility index (Phi) is 35.8. The molecule has 0 aliphatic rings. The van der Waals surface area contributed by atoms with Crippen LogP contribution in [0.4, 0.5) is 0 Å². The minimum atomic E-state index is -0.390. The van der Waals surface area contributed by atoms with Gasteiger partial charge in [0.2, 0.25) is 0 Å². The first-order valence-electron chi connectivity index (χ1n) is 21.3. The van der Waals surface area contributed by atoms with Crippen LogP contribution < -0.4 is 0 Å². The number of Topliss-reactive ketones (excluding diaryl/α,β-unsaturated/α-hetero) is 1. The maximum absolute atomic E-state index is 12.7. The highest BCUT2D eigenvalue weighted by Crippen LogP contribution is 2.24. The summed E-state index contributed by atoms with van der Waals surface area (Å²) in [4.78, 5) is 37.7. The maximum atomic E-state index is 12.7. The third-order valence-corrected chi connectivity index (χ3v) is 9.93. The van der Waals surface area contributed by atoms with Crippen LogP contribution in [-0.2, 0) is 23.9 Å². The first-order chi connectivity index (χ1) is 23.5. The molecule has 284 valence electrons. The van der Waals surface area contributed by atoms with Gasteiger partial charge in [0.05, 0.1) is 0 Å². The minimum absolute atomic E-state index is 0.145. The molecular formula is C43H82O5. The van der Waals surface area contributed by atoms with Gasteiger partial charge in [-0.1, -0.05) is 182 Å². The van der Waals surface area contributed by atoms with Crippen molar-refractivity contribution in [1.29, 1.82) is 0 Å². The molecule has 0 amide bonds. The lowest BCUT2D eigenvalue weighted by atomic mass is 9.89. The zero-order valence-electron chi connectivity index (χ0n) is 32.7. The van der Waals surface area contributed by atoms with Gasteiger partial charge in [0, 0.05) is 25.7 Å². The third-order valence-electron chi connectivity index (χ3n) is 9.93. The summed E-state index contributed by atoms with van der Waals surface area (Å²) in [6.45, 7) is 9.09. The van der Waals surface area contributed by atoms with Gasteiger partial charge in [-0.15, -0.1) is 0 Å². The highest BCUT2D eigenvalue weighted by molar-refractivity contribution is 5.79. The number of carbonyl (C=O) groups is 3. The summed E-state index contributed by atoms with van der Waals surface area (Å²) >= 11 is 0. The normalized spacial score (nSPS) is 12.0. The van der Waals surface area contributed by atoms with Gasteiger partial charge in [-0.05, 0) is 38.0 Å². The number of hydrogen-bond donors (Lipinski definition) is 0. The molecule has 0 rings (SSSR count). The average molecular weight is 679 g/mol. The van der Waals surface area contributed by atoms with Gasteiger partial charge in [0.1, 0.15) is 18.5 Å². The number of ether oxygens (including phenoxy) is 2. The van der Waals surface area contributed by atoms with Gasteiger partial charge in [0.25, 0.3) is 0 Å². The van der Waals surface area contributed by atoms with Gasteiger partial charge in [-0.2, -0.15) is 0 Å². The summed E-state index contributed by atoms with van der Waals surface area (Å²) in [6.07, 6.45) is 36.0. The van der Waals surface area contributed by atoms with Crippen LogP contribution in [0.2, 0.25) is 0 Å². The summed E-state index contributed by atoms with van der Waals surface area (Å²) in [5, 5.41) is 0. The Morgan fingerprint density at radius 1 is 0.396 bits per heavy atom. The Balaban J connectivity index is 4.51. The van der Waals surface area contributed by atoms with Gasteiger partial charge in [-0.25, -0.2) is 0 Å². The number of rotatable bonds is 38. The molecule has 0 aromatic rings. The van der Waals surface area contributed by atoms with E-state index in [9.17, 15) is 14.4 Å². The fourth-order valence-electron chi connectivity index (χ4n) is 6.71. The topological polar surface area (TPSA) is 69.7 Å². The van der Waals surface area contributed by atoms with Crippen LogP contribution in [0.1, 0.15) is 240 Å². The molecule has 0 aliphatic heterocycles. The zero-order valence-corrected chi connectivity index (χ0v) is 32.7. The Morgan fingerprint density at radius 3 is 1.31 bits per heavy atom. The monoisotopic (exact) mass is 679 g/mol. The van der Waals surface area contributed by atoms with Crippen molar-refractivity contribution < 1.29 is 23.9 Å². The molecule has 5 nitrogen and oxygen atoms in total. The van der Waals surface area contributed by atoms with Crippen LogP contribution in [-0.4, -0.2) is 30.4 Å². The molecule has 48 heavy (non-hydrogen) atoms. The third kappa shape index (κ3) is 33.1. The fourth-order valence-corrected chi connectivity index (χ4v) is 6.71. The average Bonchev–Trinajstić information content (AvgIpc) is 3.07. The van der Waals surface area contributed by atoms with Crippen LogP contribution in [0.15, 0.2) is 0 Å². The predicted octanol–water partition coefficient (Wildman–Crippen LogP) is 13.6. The molecule has 0 heterocycles. The van der Waals surface area contributed by atoms with Gasteiger partial charge in [0.15, 0.2) is 0 Å². The molecule has 5 heteroatoms. The molecule has 0 aromatic heterocycles. The van der Waals surface area contributed by atoms with Crippen molar-refractivity contribution in [2.45, 2.75) is 246 Å². The van der Waals surface area contributed by atoms with Crippen molar-refractivity contribution in [3.05, 3.63) is 0 Å². The van der Waals surface area contributed by atoms with Gasteiger partial charge >= 0.3 is 11.9 Å². The summed E-state index contributed by atoms with van der Waals surface area (Å²) in [5.41, 5.74) is 0. The number of carbonyl (C=O) groups excluding carboxylic acids is 3. The van der Waals surface area contributed by atoms with E-state index >= 15 is 0 Å². The molecule has 0 fully saturated rings. The molecule has 1 unspecified atom stereocenters. The van der Waals surface area contributed by atoms with E-state index in [0.717, 1.165) is 57.3 Å². The van der Waals surface area contributed by atoms with E-state index in [-0.39, 0.29) is 30.7 Å². The maximum Gasteiger partial charge on any atom is 0.306 e.